The summed E-state index contributed by atoms with van der Waals surface area (Å²) in [7, 11) is 1.57. The van der Waals surface area contributed by atoms with E-state index in [0.717, 1.165) is 17.5 Å². The summed E-state index contributed by atoms with van der Waals surface area (Å²) in [5.41, 5.74) is 1.84. The molecule has 0 amide bonds. The van der Waals surface area contributed by atoms with Crippen LogP contribution in [0.2, 0.25) is 5.02 Å². The molecule has 0 aromatic heterocycles. The largest absolute Gasteiger partial charge is 0.598 e. The van der Waals surface area contributed by atoms with Crippen molar-refractivity contribution < 1.29 is 14.0 Å². The molecular weight excluding hydrogens is 310 g/mol. The van der Waals surface area contributed by atoms with Gasteiger partial charge in [-0.2, -0.15) is 5.14 Å². The minimum atomic E-state index is -1.46. The fourth-order valence-electron chi connectivity index (χ4n) is 2.42. The van der Waals surface area contributed by atoms with Crippen LogP contribution in [0.15, 0.2) is 12.1 Å². The van der Waals surface area contributed by atoms with E-state index < -0.39 is 16.1 Å². The lowest BCUT2D eigenvalue weighted by molar-refractivity contribution is 0.0499. The Labute approximate surface area is 135 Å². The Balaban J connectivity index is 3.33. The van der Waals surface area contributed by atoms with Gasteiger partial charge in [-0.3, -0.25) is 0 Å². The van der Waals surface area contributed by atoms with Crippen molar-refractivity contribution in [2.75, 3.05) is 13.9 Å². The van der Waals surface area contributed by atoms with Gasteiger partial charge in [0, 0.05) is 35.0 Å². The van der Waals surface area contributed by atoms with Gasteiger partial charge < -0.3 is 14.0 Å². The first-order chi connectivity index (χ1) is 9.75. The minimum absolute atomic E-state index is 0.0340. The molecule has 1 rings (SSSR count). The van der Waals surface area contributed by atoms with E-state index in [2.05, 4.69) is 0 Å². The number of halogens is 1. The van der Waals surface area contributed by atoms with Crippen LogP contribution in [0.3, 0.4) is 0 Å². The van der Waals surface area contributed by atoms with Crippen LogP contribution in [0.4, 0.5) is 0 Å². The lowest BCUT2D eigenvalue weighted by Gasteiger charge is -2.33. The highest BCUT2D eigenvalue weighted by Gasteiger charge is 2.41. The van der Waals surface area contributed by atoms with Gasteiger partial charge in [0.15, 0.2) is 6.79 Å². The van der Waals surface area contributed by atoms with Crippen molar-refractivity contribution in [3.05, 3.63) is 28.3 Å². The molecule has 2 atom stereocenters. The monoisotopic (exact) mass is 333 g/mol. The molecule has 1 aromatic carbocycles. The lowest BCUT2D eigenvalue weighted by Crippen LogP contribution is -2.43. The van der Waals surface area contributed by atoms with E-state index in [1.54, 1.807) is 7.11 Å². The van der Waals surface area contributed by atoms with Gasteiger partial charge in [-0.25, -0.2) is 0 Å². The van der Waals surface area contributed by atoms with E-state index in [9.17, 15) is 4.55 Å². The van der Waals surface area contributed by atoms with Gasteiger partial charge >= 0.3 is 0 Å². The van der Waals surface area contributed by atoms with Crippen LogP contribution < -0.4 is 9.88 Å². The second-order valence-electron chi connectivity index (χ2n) is 5.55. The van der Waals surface area contributed by atoms with Crippen LogP contribution in [0.5, 0.6) is 5.75 Å². The summed E-state index contributed by atoms with van der Waals surface area (Å²) >= 11 is 4.79. The highest BCUT2D eigenvalue weighted by molar-refractivity contribution is 7.90. The van der Waals surface area contributed by atoms with Gasteiger partial charge in [0.25, 0.3) is 0 Å². The standard InChI is InChI=1S/C15H24ClNO3S/c1-6-12(15(3,4)21(17)18)11-8-13(16)10(2)7-14(11)20-9-19-5/h7-8,12H,6,9,17H2,1-5H3. The smallest absolute Gasteiger partial charge is 0.188 e. The quantitative estimate of drug-likeness (QED) is 0.612. The van der Waals surface area contributed by atoms with Crippen molar-refractivity contribution >= 4 is 23.0 Å². The van der Waals surface area contributed by atoms with E-state index in [1.165, 1.54) is 0 Å². The Morgan fingerprint density at radius 3 is 2.52 bits per heavy atom. The maximum Gasteiger partial charge on any atom is 0.188 e. The van der Waals surface area contributed by atoms with Crippen LogP contribution in [-0.2, 0) is 16.1 Å². The topological polar surface area (TPSA) is 67.5 Å². The fraction of sp³-hybridized carbons (Fsp3) is 0.600. The number of aryl methyl sites for hydroxylation is 1. The van der Waals surface area contributed by atoms with Crippen molar-refractivity contribution in [2.45, 2.75) is 44.8 Å². The van der Waals surface area contributed by atoms with Crippen molar-refractivity contribution in [3.63, 3.8) is 0 Å². The molecule has 2 N–H and O–H groups in total. The summed E-state index contributed by atoms with van der Waals surface area (Å²) in [6, 6.07) is 3.76. The van der Waals surface area contributed by atoms with Gasteiger partial charge in [-0.1, -0.05) is 18.5 Å². The van der Waals surface area contributed by atoms with Crippen LogP contribution in [0.1, 0.15) is 44.2 Å². The highest BCUT2D eigenvalue weighted by Crippen LogP contribution is 2.42. The van der Waals surface area contributed by atoms with E-state index in [-0.39, 0.29) is 12.7 Å². The molecule has 0 bridgehead atoms. The van der Waals surface area contributed by atoms with Crippen molar-refractivity contribution in [1.29, 1.82) is 0 Å². The predicted octanol–water partition coefficient (Wildman–Crippen LogP) is 3.53. The first-order valence-electron chi connectivity index (χ1n) is 6.83. The molecule has 0 radical (unpaired) electrons. The van der Waals surface area contributed by atoms with E-state index in [1.807, 2.05) is 39.8 Å². The molecule has 0 aliphatic rings. The summed E-state index contributed by atoms with van der Waals surface area (Å²) in [5, 5.41) is 6.33. The second-order valence-corrected chi connectivity index (χ2v) is 7.61. The number of methoxy groups -OCH3 is 1. The molecule has 0 aliphatic heterocycles. The molecule has 0 saturated heterocycles. The Bertz CT molecular complexity index is 480. The first kappa shape index (κ1) is 18.6. The normalized spacial score (nSPS) is 14.9. The number of hydrogen-bond donors (Lipinski definition) is 1. The average molecular weight is 334 g/mol. The number of hydrogen-bond acceptors (Lipinski definition) is 4. The van der Waals surface area contributed by atoms with Gasteiger partial charge in [0.1, 0.15) is 10.5 Å². The van der Waals surface area contributed by atoms with E-state index in [0.29, 0.717) is 10.8 Å². The van der Waals surface area contributed by atoms with Gasteiger partial charge in [-0.05, 0) is 44.9 Å². The molecule has 4 nitrogen and oxygen atoms in total. The molecule has 0 heterocycles. The fourth-order valence-corrected chi connectivity index (χ4v) is 3.16. The van der Waals surface area contributed by atoms with E-state index in [4.69, 9.17) is 26.2 Å². The molecule has 0 saturated carbocycles. The number of benzene rings is 1. The number of ether oxygens (including phenoxy) is 2. The molecule has 2 unspecified atom stereocenters. The zero-order chi connectivity index (χ0) is 16.2. The maximum absolute atomic E-state index is 11.9. The molecule has 21 heavy (non-hydrogen) atoms. The maximum atomic E-state index is 11.9. The molecule has 0 spiro atoms. The number of rotatable bonds is 7. The highest BCUT2D eigenvalue weighted by atomic mass is 35.5. The summed E-state index contributed by atoms with van der Waals surface area (Å²) in [4.78, 5) is 0. The summed E-state index contributed by atoms with van der Waals surface area (Å²) in [6.07, 6.45) is 0.776. The van der Waals surface area contributed by atoms with Crippen LogP contribution in [0, 0.1) is 6.92 Å². The van der Waals surface area contributed by atoms with Crippen LogP contribution >= 0.6 is 11.6 Å². The predicted molar refractivity (Wildman–Crippen MR) is 88.1 cm³/mol. The molecule has 6 heteroatoms. The van der Waals surface area contributed by atoms with Crippen LogP contribution in [-0.4, -0.2) is 23.2 Å². The van der Waals surface area contributed by atoms with Crippen molar-refractivity contribution in [1.82, 2.24) is 0 Å². The molecule has 0 fully saturated rings. The summed E-state index contributed by atoms with van der Waals surface area (Å²) < 4.78 is 22.0. The Morgan fingerprint density at radius 2 is 2.05 bits per heavy atom. The van der Waals surface area contributed by atoms with Crippen LogP contribution in [0.25, 0.3) is 0 Å². The summed E-state index contributed by atoms with van der Waals surface area (Å²) in [5.74, 6) is 0.664. The number of nitrogens with two attached hydrogens (primary N) is 1. The average Bonchev–Trinajstić information content (AvgIpc) is 2.41. The second kappa shape index (κ2) is 7.70. The Kier molecular flexibility index (Phi) is 6.81. The third-order valence-corrected chi connectivity index (χ3v) is 5.49. The summed E-state index contributed by atoms with van der Waals surface area (Å²) in [6.45, 7) is 7.89. The van der Waals surface area contributed by atoms with Crippen molar-refractivity contribution in [2.24, 2.45) is 5.14 Å². The molecule has 120 valence electrons. The van der Waals surface area contributed by atoms with Gasteiger partial charge in [-0.15, -0.1) is 0 Å². The van der Waals surface area contributed by atoms with Gasteiger partial charge in [0.2, 0.25) is 0 Å². The SMILES string of the molecule is CCC(c1cc(Cl)c(C)cc1OCOC)C(C)(C)[S+](N)[O-]. The van der Waals surface area contributed by atoms with Gasteiger partial charge in [0.05, 0.1) is 0 Å². The third kappa shape index (κ3) is 4.27. The minimum Gasteiger partial charge on any atom is -0.598 e. The lowest BCUT2D eigenvalue weighted by atomic mass is 9.84. The third-order valence-electron chi connectivity index (χ3n) is 3.76. The molecular formula is C15H24ClNO3S. The zero-order valence-corrected chi connectivity index (χ0v) is 14.8. The Morgan fingerprint density at radius 1 is 1.43 bits per heavy atom. The Hall–Kier alpha value is -0.460. The molecule has 0 aliphatic carbocycles. The van der Waals surface area contributed by atoms with E-state index >= 15 is 0 Å². The van der Waals surface area contributed by atoms with Crippen molar-refractivity contribution in [3.8, 4) is 5.75 Å². The first-order valence-corrected chi connectivity index (χ1v) is 8.42. The zero-order valence-electron chi connectivity index (χ0n) is 13.2. The molecule has 1 aromatic rings.